The number of hydrogen-bond acceptors (Lipinski definition) is 3. The van der Waals surface area contributed by atoms with Crippen LogP contribution in [0.3, 0.4) is 0 Å². The summed E-state index contributed by atoms with van der Waals surface area (Å²) < 4.78 is 5.60. The largest absolute Gasteiger partial charge is 0.376 e. The monoisotopic (exact) mass is 264 g/mol. The van der Waals surface area contributed by atoms with Crippen molar-refractivity contribution in [3.8, 4) is 0 Å². The Morgan fingerprint density at radius 3 is 2.59 bits per heavy atom. The Morgan fingerprint density at radius 1 is 1.47 bits per heavy atom. The molecule has 0 aromatic heterocycles. The lowest BCUT2D eigenvalue weighted by molar-refractivity contribution is -0.134. The van der Waals surface area contributed by atoms with E-state index in [0.29, 0.717) is 6.54 Å². The lowest BCUT2D eigenvalue weighted by Gasteiger charge is -2.29. The molecule has 1 aliphatic rings. The lowest BCUT2D eigenvalue weighted by atomic mass is 10.0. The zero-order valence-corrected chi connectivity index (χ0v) is 11.8. The first-order valence-electron chi connectivity index (χ1n) is 6.14. The molecule has 1 aliphatic heterocycles. The minimum atomic E-state index is -0.395. The van der Waals surface area contributed by atoms with Crippen molar-refractivity contribution in [2.75, 3.05) is 20.2 Å². The van der Waals surface area contributed by atoms with Gasteiger partial charge in [-0.15, -0.1) is 12.4 Å². The van der Waals surface area contributed by atoms with Crippen molar-refractivity contribution >= 4 is 18.3 Å². The molecule has 1 amide bonds. The Hall–Kier alpha value is -0.320. The summed E-state index contributed by atoms with van der Waals surface area (Å²) in [4.78, 5) is 13.6. The molecule has 2 atom stereocenters. The quantitative estimate of drug-likeness (QED) is 0.836. The molecule has 17 heavy (non-hydrogen) atoms. The van der Waals surface area contributed by atoms with Gasteiger partial charge in [0.05, 0.1) is 12.1 Å². The fourth-order valence-corrected chi connectivity index (χ4v) is 1.89. The second-order valence-electron chi connectivity index (χ2n) is 4.98. The van der Waals surface area contributed by atoms with E-state index in [0.717, 1.165) is 19.4 Å². The Morgan fingerprint density at radius 2 is 2.12 bits per heavy atom. The number of nitrogens with zero attached hydrogens (tertiary/aromatic N) is 1. The fourth-order valence-electron chi connectivity index (χ4n) is 1.89. The number of carbonyl (C=O) groups excluding carboxylic acids is 1. The standard InChI is InChI=1S/C12H24N2O2.ClH/c1-9(2)11(13)12(15)14(3)8-10-6-4-5-7-16-10;/h9-11H,4-8,13H2,1-3H3;1H. The van der Waals surface area contributed by atoms with Crippen LogP contribution in [0.5, 0.6) is 0 Å². The summed E-state index contributed by atoms with van der Waals surface area (Å²) in [5.41, 5.74) is 5.83. The molecule has 0 aliphatic carbocycles. The fraction of sp³-hybridized carbons (Fsp3) is 0.917. The molecule has 102 valence electrons. The maximum atomic E-state index is 11.9. The van der Waals surface area contributed by atoms with Gasteiger partial charge in [0.25, 0.3) is 0 Å². The van der Waals surface area contributed by atoms with Gasteiger partial charge < -0.3 is 15.4 Å². The van der Waals surface area contributed by atoms with Crippen LogP contribution in [0.15, 0.2) is 0 Å². The normalized spacial score (nSPS) is 21.8. The molecule has 0 saturated carbocycles. The third kappa shape index (κ3) is 5.23. The highest BCUT2D eigenvalue weighted by Crippen LogP contribution is 2.14. The van der Waals surface area contributed by atoms with E-state index in [9.17, 15) is 4.79 Å². The first-order valence-corrected chi connectivity index (χ1v) is 6.14. The number of carbonyl (C=O) groups is 1. The molecule has 0 radical (unpaired) electrons. The van der Waals surface area contributed by atoms with E-state index in [-0.39, 0.29) is 30.3 Å². The van der Waals surface area contributed by atoms with Crippen molar-refractivity contribution in [2.45, 2.75) is 45.3 Å². The maximum absolute atomic E-state index is 11.9. The number of nitrogens with two attached hydrogens (primary N) is 1. The number of halogens is 1. The highest BCUT2D eigenvalue weighted by molar-refractivity contribution is 5.85. The Kier molecular flexibility index (Phi) is 7.75. The van der Waals surface area contributed by atoms with Gasteiger partial charge in [0.15, 0.2) is 0 Å². The molecule has 0 bridgehead atoms. The van der Waals surface area contributed by atoms with Crippen molar-refractivity contribution in [3.63, 3.8) is 0 Å². The van der Waals surface area contributed by atoms with Crippen molar-refractivity contribution in [1.29, 1.82) is 0 Å². The first kappa shape index (κ1) is 16.7. The van der Waals surface area contributed by atoms with Gasteiger partial charge in [0.2, 0.25) is 5.91 Å². The summed E-state index contributed by atoms with van der Waals surface area (Å²) in [5.74, 6) is 0.200. The Labute approximate surface area is 110 Å². The van der Waals surface area contributed by atoms with Gasteiger partial charge in [0, 0.05) is 20.2 Å². The number of rotatable bonds is 4. The molecule has 2 unspecified atom stereocenters. The van der Waals surface area contributed by atoms with Crippen LogP contribution in [0, 0.1) is 5.92 Å². The Bertz CT molecular complexity index is 231. The number of ether oxygens (including phenoxy) is 1. The Balaban J connectivity index is 0.00000256. The van der Waals surface area contributed by atoms with Gasteiger partial charge in [-0.1, -0.05) is 13.8 Å². The van der Waals surface area contributed by atoms with E-state index in [1.165, 1.54) is 6.42 Å². The van der Waals surface area contributed by atoms with Crippen LogP contribution in [-0.2, 0) is 9.53 Å². The lowest BCUT2D eigenvalue weighted by Crippen LogP contribution is -2.47. The average molecular weight is 265 g/mol. The first-order chi connectivity index (χ1) is 7.52. The summed E-state index contributed by atoms with van der Waals surface area (Å²) in [6, 6.07) is -0.395. The molecule has 5 heteroatoms. The van der Waals surface area contributed by atoms with E-state index in [1.807, 2.05) is 20.9 Å². The van der Waals surface area contributed by atoms with Gasteiger partial charge in [-0.25, -0.2) is 0 Å². The SMILES string of the molecule is CC(C)C(N)C(=O)N(C)CC1CCCCO1.Cl. The van der Waals surface area contributed by atoms with Crippen LogP contribution in [-0.4, -0.2) is 43.2 Å². The van der Waals surface area contributed by atoms with E-state index in [1.54, 1.807) is 4.90 Å². The number of amides is 1. The molecule has 1 fully saturated rings. The van der Waals surface area contributed by atoms with Crippen LogP contribution in [0.1, 0.15) is 33.1 Å². The molecule has 0 spiro atoms. The average Bonchev–Trinajstić information content (AvgIpc) is 2.28. The van der Waals surface area contributed by atoms with Crippen LogP contribution >= 0.6 is 12.4 Å². The summed E-state index contributed by atoms with van der Waals surface area (Å²) in [6.07, 6.45) is 3.58. The van der Waals surface area contributed by atoms with Gasteiger partial charge in [0.1, 0.15) is 0 Å². The van der Waals surface area contributed by atoms with E-state index >= 15 is 0 Å². The predicted octanol–water partition coefficient (Wildman–Crippen LogP) is 1.42. The molecule has 0 aromatic rings. The van der Waals surface area contributed by atoms with E-state index in [4.69, 9.17) is 10.5 Å². The zero-order chi connectivity index (χ0) is 12.1. The minimum Gasteiger partial charge on any atom is -0.376 e. The highest BCUT2D eigenvalue weighted by Gasteiger charge is 2.24. The molecule has 1 saturated heterocycles. The molecule has 4 nitrogen and oxygen atoms in total. The smallest absolute Gasteiger partial charge is 0.239 e. The summed E-state index contributed by atoms with van der Waals surface area (Å²) in [6.45, 7) is 5.42. The predicted molar refractivity (Wildman–Crippen MR) is 71.3 cm³/mol. The van der Waals surface area contributed by atoms with Crippen molar-refractivity contribution in [3.05, 3.63) is 0 Å². The van der Waals surface area contributed by atoms with Crippen LogP contribution in [0.25, 0.3) is 0 Å². The van der Waals surface area contributed by atoms with Gasteiger partial charge in [-0.2, -0.15) is 0 Å². The van der Waals surface area contributed by atoms with Crippen molar-refractivity contribution in [2.24, 2.45) is 11.7 Å². The topological polar surface area (TPSA) is 55.6 Å². The van der Waals surface area contributed by atoms with Crippen molar-refractivity contribution in [1.82, 2.24) is 4.90 Å². The van der Waals surface area contributed by atoms with E-state index < -0.39 is 6.04 Å². The van der Waals surface area contributed by atoms with Gasteiger partial charge in [-0.05, 0) is 25.2 Å². The summed E-state index contributed by atoms with van der Waals surface area (Å²) >= 11 is 0. The van der Waals surface area contributed by atoms with E-state index in [2.05, 4.69) is 0 Å². The molecular formula is C12H25ClN2O2. The highest BCUT2D eigenvalue weighted by atomic mass is 35.5. The van der Waals surface area contributed by atoms with Crippen molar-refractivity contribution < 1.29 is 9.53 Å². The van der Waals surface area contributed by atoms with Crippen LogP contribution in [0.2, 0.25) is 0 Å². The van der Waals surface area contributed by atoms with Gasteiger partial charge in [-0.3, -0.25) is 4.79 Å². The second-order valence-corrected chi connectivity index (χ2v) is 4.98. The summed E-state index contributed by atoms with van der Waals surface area (Å²) in [5, 5.41) is 0. The second kappa shape index (κ2) is 7.90. The molecular weight excluding hydrogens is 240 g/mol. The zero-order valence-electron chi connectivity index (χ0n) is 11.0. The van der Waals surface area contributed by atoms with Gasteiger partial charge >= 0.3 is 0 Å². The number of likely N-dealkylation sites (N-methyl/N-ethyl adjacent to an activating group) is 1. The maximum Gasteiger partial charge on any atom is 0.239 e. The molecule has 0 aromatic carbocycles. The summed E-state index contributed by atoms with van der Waals surface area (Å²) in [7, 11) is 1.81. The molecule has 2 N–H and O–H groups in total. The van der Waals surface area contributed by atoms with Crippen LogP contribution < -0.4 is 5.73 Å². The minimum absolute atomic E-state index is 0. The third-order valence-electron chi connectivity index (χ3n) is 3.13. The van der Waals surface area contributed by atoms with Crippen LogP contribution in [0.4, 0.5) is 0 Å². The molecule has 1 rings (SSSR count). The number of hydrogen-bond donors (Lipinski definition) is 1. The third-order valence-corrected chi connectivity index (χ3v) is 3.13. The molecule has 1 heterocycles.